The summed E-state index contributed by atoms with van der Waals surface area (Å²) in [7, 11) is 0. The SMILES string of the molecule is Cl.O=C(NCc1cccc(Cn2cccn2)c1)c1ccn(C2CCCNC2)n1. The molecule has 1 aliphatic heterocycles. The molecule has 1 aliphatic rings. The molecule has 4 rings (SSSR count). The molecular formula is C20H25ClN6O. The van der Waals surface area contributed by atoms with Crippen LogP contribution in [0.3, 0.4) is 0 Å². The lowest BCUT2D eigenvalue weighted by Crippen LogP contribution is -2.32. The molecule has 2 N–H and O–H groups in total. The zero-order chi connectivity index (χ0) is 18.5. The average Bonchev–Trinajstić information content (AvgIpc) is 3.39. The van der Waals surface area contributed by atoms with Gasteiger partial charge < -0.3 is 10.6 Å². The largest absolute Gasteiger partial charge is 0.347 e. The maximum absolute atomic E-state index is 12.4. The molecule has 1 saturated heterocycles. The molecule has 0 aliphatic carbocycles. The zero-order valence-corrected chi connectivity index (χ0v) is 16.4. The Morgan fingerprint density at radius 3 is 2.89 bits per heavy atom. The third kappa shape index (κ3) is 4.99. The fourth-order valence-electron chi connectivity index (χ4n) is 3.41. The van der Waals surface area contributed by atoms with Crippen molar-refractivity contribution in [1.29, 1.82) is 0 Å². The third-order valence-corrected chi connectivity index (χ3v) is 4.83. The Hall–Kier alpha value is -2.64. The molecule has 3 aromatic rings. The molecule has 1 amide bonds. The van der Waals surface area contributed by atoms with E-state index in [4.69, 9.17) is 0 Å². The van der Waals surface area contributed by atoms with E-state index < -0.39 is 0 Å². The van der Waals surface area contributed by atoms with E-state index in [1.54, 1.807) is 12.3 Å². The molecule has 1 unspecified atom stereocenters. The van der Waals surface area contributed by atoms with E-state index in [0.29, 0.717) is 24.8 Å². The van der Waals surface area contributed by atoms with Gasteiger partial charge >= 0.3 is 0 Å². The predicted molar refractivity (Wildman–Crippen MR) is 110 cm³/mol. The summed E-state index contributed by atoms with van der Waals surface area (Å²) < 4.78 is 3.79. The van der Waals surface area contributed by atoms with Gasteiger partial charge in [-0.2, -0.15) is 10.2 Å². The molecule has 8 heteroatoms. The predicted octanol–water partition coefficient (Wildman–Crippen LogP) is 2.40. The Morgan fingerprint density at radius 2 is 2.11 bits per heavy atom. The van der Waals surface area contributed by atoms with Gasteiger partial charge in [-0.25, -0.2) is 0 Å². The van der Waals surface area contributed by atoms with Crippen LogP contribution in [0.25, 0.3) is 0 Å². The summed E-state index contributed by atoms with van der Waals surface area (Å²) >= 11 is 0. The number of halogens is 1. The number of hydrogen-bond acceptors (Lipinski definition) is 4. The minimum Gasteiger partial charge on any atom is -0.347 e. The summed E-state index contributed by atoms with van der Waals surface area (Å²) in [6, 6.07) is 12.2. The van der Waals surface area contributed by atoms with Crippen molar-refractivity contribution in [1.82, 2.24) is 30.2 Å². The highest BCUT2D eigenvalue weighted by atomic mass is 35.5. The minimum absolute atomic E-state index is 0. The van der Waals surface area contributed by atoms with E-state index >= 15 is 0 Å². The van der Waals surface area contributed by atoms with Crippen molar-refractivity contribution in [3.63, 3.8) is 0 Å². The van der Waals surface area contributed by atoms with E-state index in [2.05, 4.69) is 33.0 Å². The standard InChI is InChI=1S/C20H24N6O.ClH/c27-20(19-7-11-26(24-19)18-6-2-8-21-14-18)22-13-16-4-1-5-17(12-16)15-25-10-3-9-23-25;/h1,3-5,7,9-12,18,21H,2,6,8,13-15H2,(H,22,27);1H. The summed E-state index contributed by atoms with van der Waals surface area (Å²) in [6.45, 7) is 3.16. The van der Waals surface area contributed by atoms with Gasteiger partial charge in [-0.15, -0.1) is 12.4 Å². The number of rotatable bonds is 6. The summed E-state index contributed by atoms with van der Waals surface area (Å²) in [5.41, 5.74) is 2.68. The van der Waals surface area contributed by atoms with Crippen LogP contribution in [-0.4, -0.2) is 38.6 Å². The average molecular weight is 401 g/mol. The van der Waals surface area contributed by atoms with Crippen LogP contribution in [0.5, 0.6) is 0 Å². The molecular weight excluding hydrogens is 376 g/mol. The van der Waals surface area contributed by atoms with Gasteiger partial charge in [0.1, 0.15) is 5.69 Å². The Labute approximate surface area is 170 Å². The Kier molecular flexibility index (Phi) is 6.84. The van der Waals surface area contributed by atoms with Gasteiger partial charge in [0, 0.05) is 31.7 Å². The first-order valence-corrected chi connectivity index (χ1v) is 9.37. The van der Waals surface area contributed by atoms with Crippen LogP contribution >= 0.6 is 12.4 Å². The fourth-order valence-corrected chi connectivity index (χ4v) is 3.41. The van der Waals surface area contributed by atoms with Gasteiger partial charge in [-0.05, 0) is 42.6 Å². The number of piperidine rings is 1. The number of carbonyl (C=O) groups excluding carboxylic acids is 1. The molecule has 148 valence electrons. The molecule has 28 heavy (non-hydrogen) atoms. The highest BCUT2D eigenvalue weighted by Crippen LogP contribution is 2.15. The Morgan fingerprint density at radius 1 is 1.21 bits per heavy atom. The van der Waals surface area contributed by atoms with Crippen LogP contribution in [0.15, 0.2) is 55.0 Å². The first kappa shape index (κ1) is 20.1. The van der Waals surface area contributed by atoms with Crippen LogP contribution in [0.4, 0.5) is 0 Å². The monoisotopic (exact) mass is 400 g/mol. The van der Waals surface area contributed by atoms with E-state index in [9.17, 15) is 4.79 Å². The molecule has 1 fully saturated rings. The number of nitrogens with zero attached hydrogens (tertiary/aromatic N) is 4. The van der Waals surface area contributed by atoms with Gasteiger partial charge in [0.05, 0.1) is 12.6 Å². The zero-order valence-electron chi connectivity index (χ0n) is 15.6. The number of amides is 1. The van der Waals surface area contributed by atoms with E-state index in [1.165, 1.54) is 0 Å². The number of nitrogens with one attached hydrogen (secondary N) is 2. The van der Waals surface area contributed by atoms with Gasteiger partial charge in [0.2, 0.25) is 0 Å². The van der Waals surface area contributed by atoms with Crippen LogP contribution in [0.1, 0.15) is 40.5 Å². The normalized spacial score (nSPS) is 16.4. The summed E-state index contributed by atoms with van der Waals surface area (Å²) in [5.74, 6) is -0.144. The van der Waals surface area contributed by atoms with Crippen molar-refractivity contribution < 1.29 is 4.79 Å². The topological polar surface area (TPSA) is 76.8 Å². The van der Waals surface area contributed by atoms with Crippen LogP contribution in [0.2, 0.25) is 0 Å². The highest BCUT2D eigenvalue weighted by molar-refractivity contribution is 5.92. The molecule has 0 spiro atoms. The van der Waals surface area contributed by atoms with E-state index in [1.807, 2.05) is 40.0 Å². The van der Waals surface area contributed by atoms with Crippen molar-refractivity contribution in [3.8, 4) is 0 Å². The van der Waals surface area contributed by atoms with Crippen molar-refractivity contribution >= 4 is 18.3 Å². The smallest absolute Gasteiger partial charge is 0.272 e. The fraction of sp³-hybridized carbons (Fsp3) is 0.350. The lowest BCUT2D eigenvalue weighted by atomic mass is 10.1. The molecule has 1 atom stereocenters. The molecule has 0 saturated carbocycles. The van der Waals surface area contributed by atoms with Crippen LogP contribution in [0, 0.1) is 0 Å². The van der Waals surface area contributed by atoms with Crippen molar-refractivity contribution in [2.24, 2.45) is 0 Å². The maximum Gasteiger partial charge on any atom is 0.272 e. The Bertz CT molecular complexity index is 886. The number of benzene rings is 1. The van der Waals surface area contributed by atoms with Crippen molar-refractivity contribution in [2.75, 3.05) is 13.1 Å². The van der Waals surface area contributed by atoms with Crippen LogP contribution in [-0.2, 0) is 13.1 Å². The minimum atomic E-state index is -0.144. The second-order valence-corrected chi connectivity index (χ2v) is 6.89. The van der Waals surface area contributed by atoms with Gasteiger partial charge in [0.15, 0.2) is 0 Å². The van der Waals surface area contributed by atoms with Crippen molar-refractivity contribution in [2.45, 2.75) is 32.0 Å². The second kappa shape index (κ2) is 9.52. The molecule has 2 aromatic heterocycles. The maximum atomic E-state index is 12.4. The first-order valence-electron chi connectivity index (χ1n) is 9.37. The number of aromatic nitrogens is 4. The summed E-state index contributed by atoms with van der Waals surface area (Å²) in [5, 5.41) is 15.0. The van der Waals surface area contributed by atoms with E-state index in [0.717, 1.165) is 37.1 Å². The third-order valence-electron chi connectivity index (χ3n) is 4.83. The Balaban J connectivity index is 0.00000225. The number of hydrogen-bond donors (Lipinski definition) is 2. The summed E-state index contributed by atoms with van der Waals surface area (Å²) in [4.78, 5) is 12.4. The second-order valence-electron chi connectivity index (χ2n) is 6.89. The quantitative estimate of drug-likeness (QED) is 0.666. The van der Waals surface area contributed by atoms with Gasteiger partial charge in [-0.1, -0.05) is 24.3 Å². The molecule has 0 radical (unpaired) electrons. The lowest BCUT2D eigenvalue weighted by Gasteiger charge is -2.22. The molecule has 0 bridgehead atoms. The highest BCUT2D eigenvalue weighted by Gasteiger charge is 2.17. The first-order chi connectivity index (χ1) is 13.3. The lowest BCUT2D eigenvalue weighted by molar-refractivity contribution is 0.0944. The molecule has 3 heterocycles. The number of carbonyl (C=O) groups is 1. The molecule has 1 aromatic carbocycles. The molecule has 7 nitrogen and oxygen atoms in total. The van der Waals surface area contributed by atoms with E-state index in [-0.39, 0.29) is 18.3 Å². The van der Waals surface area contributed by atoms with Gasteiger partial charge in [0.25, 0.3) is 5.91 Å². The van der Waals surface area contributed by atoms with Crippen molar-refractivity contribution in [3.05, 3.63) is 71.8 Å². The summed E-state index contributed by atoms with van der Waals surface area (Å²) in [6.07, 6.45) is 7.84. The van der Waals surface area contributed by atoms with Gasteiger partial charge in [-0.3, -0.25) is 14.2 Å². The van der Waals surface area contributed by atoms with Crippen LogP contribution < -0.4 is 10.6 Å².